The smallest absolute Gasteiger partial charge is 0.246 e. The van der Waals surface area contributed by atoms with Crippen LogP contribution in [0.3, 0.4) is 0 Å². The number of sulfonamides is 1. The Hall–Kier alpha value is -1.11. The number of unbranched alkanes of at least 4 members (excludes halogenated alkanes) is 1. The average molecular weight is 313 g/mol. The predicted octanol–water partition coefficient (Wildman–Crippen LogP) is 2.19. The van der Waals surface area contributed by atoms with Gasteiger partial charge in [-0.05, 0) is 31.0 Å². The molecule has 0 amide bonds. The molecule has 118 valence electrons. The lowest BCUT2D eigenvalue weighted by Gasteiger charge is -2.27. The lowest BCUT2D eigenvalue weighted by Crippen LogP contribution is -2.40. The van der Waals surface area contributed by atoms with E-state index in [4.69, 9.17) is 9.47 Å². The van der Waals surface area contributed by atoms with Crippen molar-refractivity contribution in [3.05, 3.63) is 23.8 Å². The topological polar surface area (TPSA) is 55.8 Å². The highest BCUT2D eigenvalue weighted by molar-refractivity contribution is 7.89. The van der Waals surface area contributed by atoms with E-state index in [0.717, 1.165) is 18.4 Å². The van der Waals surface area contributed by atoms with Crippen LogP contribution in [-0.4, -0.2) is 45.6 Å². The van der Waals surface area contributed by atoms with Gasteiger partial charge in [-0.15, -0.1) is 0 Å². The lowest BCUT2D eigenvalue weighted by molar-refractivity contribution is 0.0729. The molecular formula is C15H23NO4S. The number of morpholine rings is 1. The van der Waals surface area contributed by atoms with Crippen molar-refractivity contribution in [2.24, 2.45) is 0 Å². The summed E-state index contributed by atoms with van der Waals surface area (Å²) in [6, 6.07) is 5.31. The molecule has 0 bridgehead atoms. The predicted molar refractivity (Wildman–Crippen MR) is 81.2 cm³/mol. The normalized spacial score (nSPS) is 16.9. The molecule has 0 aliphatic carbocycles. The van der Waals surface area contributed by atoms with E-state index < -0.39 is 10.0 Å². The molecule has 1 aromatic carbocycles. The minimum atomic E-state index is -3.52. The number of ether oxygens (including phenoxy) is 2. The molecule has 6 heteroatoms. The zero-order valence-corrected chi connectivity index (χ0v) is 13.5. The van der Waals surface area contributed by atoms with Crippen LogP contribution in [-0.2, 0) is 14.8 Å². The summed E-state index contributed by atoms with van der Waals surface area (Å²) < 4.78 is 37.9. The fourth-order valence-corrected chi connectivity index (χ4v) is 3.81. The van der Waals surface area contributed by atoms with Gasteiger partial charge in [-0.25, -0.2) is 8.42 Å². The van der Waals surface area contributed by atoms with Crippen LogP contribution in [0.15, 0.2) is 23.1 Å². The van der Waals surface area contributed by atoms with Crippen molar-refractivity contribution >= 4 is 10.0 Å². The van der Waals surface area contributed by atoms with Gasteiger partial charge in [-0.2, -0.15) is 4.31 Å². The first-order chi connectivity index (χ1) is 10.1. The Labute approximate surface area is 126 Å². The van der Waals surface area contributed by atoms with Crippen molar-refractivity contribution in [2.75, 3.05) is 32.9 Å². The van der Waals surface area contributed by atoms with Gasteiger partial charge in [-0.1, -0.05) is 19.4 Å². The van der Waals surface area contributed by atoms with Crippen molar-refractivity contribution in [2.45, 2.75) is 31.6 Å². The van der Waals surface area contributed by atoms with E-state index in [1.807, 2.05) is 13.0 Å². The Morgan fingerprint density at radius 1 is 1.29 bits per heavy atom. The third-order valence-corrected chi connectivity index (χ3v) is 5.36. The molecular weight excluding hydrogens is 290 g/mol. The second-order valence-corrected chi connectivity index (χ2v) is 7.08. The van der Waals surface area contributed by atoms with Gasteiger partial charge < -0.3 is 9.47 Å². The SMILES string of the molecule is CCCCOc1ccc(C)cc1S(=O)(=O)N1CCOCC1. The largest absolute Gasteiger partial charge is 0.492 e. The molecule has 1 aliphatic heterocycles. The first-order valence-corrected chi connectivity index (χ1v) is 8.81. The molecule has 0 spiro atoms. The van der Waals surface area contributed by atoms with E-state index in [9.17, 15) is 8.42 Å². The molecule has 0 aromatic heterocycles. The van der Waals surface area contributed by atoms with E-state index in [1.165, 1.54) is 4.31 Å². The van der Waals surface area contributed by atoms with E-state index >= 15 is 0 Å². The second kappa shape index (κ2) is 7.24. The highest BCUT2D eigenvalue weighted by atomic mass is 32.2. The number of nitrogens with zero attached hydrogens (tertiary/aromatic N) is 1. The Kier molecular flexibility index (Phi) is 5.61. The minimum absolute atomic E-state index is 0.264. The molecule has 5 nitrogen and oxygen atoms in total. The first-order valence-electron chi connectivity index (χ1n) is 7.37. The van der Waals surface area contributed by atoms with Crippen molar-refractivity contribution in [1.82, 2.24) is 4.31 Å². The Bertz CT molecular complexity index is 565. The van der Waals surface area contributed by atoms with Crippen LogP contribution in [0.1, 0.15) is 25.3 Å². The molecule has 1 saturated heterocycles. The van der Waals surface area contributed by atoms with Gasteiger partial charge in [0.2, 0.25) is 10.0 Å². The molecule has 0 saturated carbocycles. The number of hydrogen-bond acceptors (Lipinski definition) is 4. The van der Waals surface area contributed by atoms with E-state index in [-0.39, 0.29) is 4.90 Å². The van der Waals surface area contributed by atoms with E-state index in [2.05, 4.69) is 6.92 Å². The Balaban J connectivity index is 2.29. The second-order valence-electron chi connectivity index (χ2n) is 5.17. The molecule has 1 aliphatic rings. The van der Waals surface area contributed by atoms with Gasteiger partial charge in [0.25, 0.3) is 0 Å². The standard InChI is InChI=1S/C15H23NO4S/c1-3-4-9-20-14-6-5-13(2)12-15(14)21(17,18)16-7-10-19-11-8-16/h5-6,12H,3-4,7-11H2,1-2H3. The van der Waals surface area contributed by atoms with Crippen LogP contribution in [0.2, 0.25) is 0 Å². The summed E-state index contributed by atoms with van der Waals surface area (Å²) in [7, 11) is -3.52. The van der Waals surface area contributed by atoms with Crippen LogP contribution in [0.4, 0.5) is 0 Å². The summed E-state index contributed by atoms with van der Waals surface area (Å²) in [6.45, 7) is 6.16. The summed E-state index contributed by atoms with van der Waals surface area (Å²) >= 11 is 0. The first kappa shape index (κ1) is 16.3. The minimum Gasteiger partial charge on any atom is -0.492 e. The fraction of sp³-hybridized carbons (Fsp3) is 0.600. The van der Waals surface area contributed by atoms with E-state index in [1.54, 1.807) is 12.1 Å². The number of hydrogen-bond donors (Lipinski definition) is 0. The zero-order chi connectivity index (χ0) is 15.3. The monoisotopic (exact) mass is 313 g/mol. The third-order valence-electron chi connectivity index (χ3n) is 3.44. The van der Waals surface area contributed by atoms with Crippen molar-refractivity contribution < 1.29 is 17.9 Å². The third kappa shape index (κ3) is 3.96. The summed E-state index contributed by atoms with van der Waals surface area (Å²) in [5.74, 6) is 0.445. The zero-order valence-electron chi connectivity index (χ0n) is 12.7. The molecule has 2 rings (SSSR count). The van der Waals surface area contributed by atoms with Crippen molar-refractivity contribution in [3.63, 3.8) is 0 Å². The van der Waals surface area contributed by atoms with Gasteiger partial charge in [0.1, 0.15) is 10.6 Å². The molecule has 1 fully saturated rings. The maximum absolute atomic E-state index is 12.8. The van der Waals surface area contributed by atoms with Crippen LogP contribution in [0, 0.1) is 6.92 Å². The summed E-state index contributed by atoms with van der Waals surface area (Å²) in [4.78, 5) is 0.264. The summed E-state index contributed by atoms with van der Waals surface area (Å²) in [6.07, 6.45) is 1.92. The van der Waals surface area contributed by atoms with Gasteiger partial charge in [0.05, 0.1) is 19.8 Å². The Morgan fingerprint density at radius 2 is 2.00 bits per heavy atom. The number of benzene rings is 1. The maximum atomic E-state index is 12.8. The van der Waals surface area contributed by atoms with Crippen LogP contribution in [0.5, 0.6) is 5.75 Å². The highest BCUT2D eigenvalue weighted by Crippen LogP contribution is 2.28. The summed E-state index contributed by atoms with van der Waals surface area (Å²) in [5, 5.41) is 0. The number of aryl methyl sites for hydroxylation is 1. The fourth-order valence-electron chi connectivity index (χ4n) is 2.19. The molecule has 0 radical (unpaired) electrons. The lowest BCUT2D eigenvalue weighted by atomic mass is 10.2. The number of rotatable bonds is 6. The molecule has 1 aromatic rings. The van der Waals surface area contributed by atoms with Crippen molar-refractivity contribution in [3.8, 4) is 5.75 Å². The Morgan fingerprint density at radius 3 is 2.67 bits per heavy atom. The molecule has 21 heavy (non-hydrogen) atoms. The van der Waals surface area contributed by atoms with Crippen LogP contribution < -0.4 is 4.74 Å². The van der Waals surface area contributed by atoms with Crippen LogP contribution in [0.25, 0.3) is 0 Å². The molecule has 0 N–H and O–H groups in total. The van der Waals surface area contributed by atoms with E-state index in [0.29, 0.717) is 38.7 Å². The van der Waals surface area contributed by atoms with Gasteiger partial charge in [-0.3, -0.25) is 0 Å². The highest BCUT2D eigenvalue weighted by Gasteiger charge is 2.29. The van der Waals surface area contributed by atoms with Gasteiger partial charge in [0.15, 0.2) is 0 Å². The quantitative estimate of drug-likeness (QED) is 0.756. The van der Waals surface area contributed by atoms with Crippen molar-refractivity contribution in [1.29, 1.82) is 0 Å². The maximum Gasteiger partial charge on any atom is 0.246 e. The average Bonchev–Trinajstić information content (AvgIpc) is 2.50. The van der Waals surface area contributed by atoms with Crippen LogP contribution >= 0.6 is 0 Å². The summed E-state index contributed by atoms with van der Waals surface area (Å²) in [5.41, 5.74) is 0.907. The molecule has 0 atom stereocenters. The van der Waals surface area contributed by atoms with Gasteiger partial charge in [0, 0.05) is 13.1 Å². The van der Waals surface area contributed by atoms with Gasteiger partial charge >= 0.3 is 0 Å². The molecule has 0 unspecified atom stereocenters. The molecule has 1 heterocycles.